The van der Waals surface area contributed by atoms with E-state index in [1.54, 1.807) is 0 Å². The largest absolute Gasteiger partial charge is 0.392 e. The molecule has 82 valence electrons. The number of rotatable bonds is 6. The molecule has 0 fully saturated rings. The molecule has 0 spiro atoms. The van der Waals surface area contributed by atoms with Gasteiger partial charge in [-0.25, -0.2) is 0 Å². The maximum atomic E-state index is 8.79. The molecule has 0 saturated carbocycles. The lowest BCUT2D eigenvalue weighted by Crippen LogP contribution is -1.86. The number of hydrogen-bond acceptors (Lipinski definition) is 1. The highest BCUT2D eigenvalue weighted by Crippen LogP contribution is 2.10. The fourth-order valence-electron chi connectivity index (χ4n) is 1.15. The summed E-state index contributed by atoms with van der Waals surface area (Å²) in [5.41, 5.74) is 2.53. The van der Waals surface area contributed by atoms with Crippen molar-refractivity contribution in [1.29, 1.82) is 0 Å². The second-order valence-corrected chi connectivity index (χ2v) is 4.43. The fraction of sp³-hybridized carbons (Fsp3) is 0.692. The molecule has 0 aromatic heterocycles. The third kappa shape index (κ3) is 8.06. The SMILES string of the molecule is C/C(=C/CC/C(C)=C\CC(C)C)CO. The molecule has 0 heterocycles. The normalized spacial score (nSPS) is 13.9. The van der Waals surface area contributed by atoms with E-state index < -0.39 is 0 Å². The highest BCUT2D eigenvalue weighted by molar-refractivity contribution is 5.03. The van der Waals surface area contributed by atoms with Gasteiger partial charge >= 0.3 is 0 Å². The lowest BCUT2D eigenvalue weighted by molar-refractivity contribution is 0.331. The average molecular weight is 196 g/mol. The van der Waals surface area contributed by atoms with E-state index in [1.165, 1.54) is 12.0 Å². The lowest BCUT2D eigenvalue weighted by atomic mass is 10.1. The molecule has 0 rings (SSSR count). The van der Waals surface area contributed by atoms with Gasteiger partial charge < -0.3 is 5.11 Å². The van der Waals surface area contributed by atoms with Crippen molar-refractivity contribution in [2.75, 3.05) is 6.61 Å². The first-order valence-corrected chi connectivity index (χ1v) is 5.48. The summed E-state index contributed by atoms with van der Waals surface area (Å²) in [6.45, 7) is 8.81. The average Bonchev–Trinajstić information content (AvgIpc) is 2.14. The van der Waals surface area contributed by atoms with Gasteiger partial charge in [-0.15, -0.1) is 0 Å². The van der Waals surface area contributed by atoms with Gasteiger partial charge in [0.1, 0.15) is 0 Å². The molecule has 0 aliphatic heterocycles. The topological polar surface area (TPSA) is 20.2 Å². The van der Waals surface area contributed by atoms with Crippen LogP contribution in [0.5, 0.6) is 0 Å². The molecule has 0 atom stereocenters. The van der Waals surface area contributed by atoms with Gasteiger partial charge in [0, 0.05) is 0 Å². The molecule has 0 radical (unpaired) electrons. The third-order valence-corrected chi connectivity index (χ3v) is 2.22. The van der Waals surface area contributed by atoms with Crippen molar-refractivity contribution >= 4 is 0 Å². The third-order valence-electron chi connectivity index (χ3n) is 2.22. The molecule has 0 aromatic carbocycles. The minimum atomic E-state index is 0.189. The summed E-state index contributed by atoms with van der Waals surface area (Å²) in [4.78, 5) is 0. The molecular formula is C13H24O. The van der Waals surface area contributed by atoms with Crippen LogP contribution in [0, 0.1) is 5.92 Å². The standard InChI is InChI=1S/C13H24O/c1-11(2)8-9-12(3)6-5-7-13(4)10-14/h7,9,11,14H,5-6,8,10H2,1-4H3/b12-9-,13-7-. The van der Waals surface area contributed by atoms with Crippen molar-refractivity contribution in [3.63, 3.8) is 0 Å². The Morgan fingerprint density at radius 2 is 1.79 bits per heavy atom. The quantitative estimate of drug-likeness (QED) is 0.642. The van der Waals surface area contributed by atoms with Crippen LogP contribution in [-0.4, -0.2) is 11.7 Å². The van der Waals surface area contributed by atoms with Crippen molar-refractivity contribution in [2.24, 2.45) is 5.92 Å². The van der Waals surface area contributed by atoms with Crippen LogP contribution in [0.3, 0.4) is 0 Å². The van der Waals surface area contributed by atoms with E-state index in [4.69, 9.17) is 5.11 Å². The van der Waals surface area contributed by atoms with Gasteiger partial charge in [-0.05, 0) is 39.0 Å². The van der Waals surface area contributed by atoms with Gasteiger partial charge in [0.25, 0.3) is 0 Å². The predicted molar refractivity (Wildman–Crippen MR) is 63.3 cm³/mol. The van der Waals surface area contributed by atoms with Crippen molar-refractivity contribution in [3.8, 4) is 0 Å². The summed E-state index contributed by atoms with van der Waals surface area (Å²) in [6.07, 6.45) is 7.78. The van der Waals surface area contributed by atoms with Gasteiger partial charge in [-0.1, -0.05) is 37.1 Å². The maximum absolute atomic E-state index is 8.79. The second-order valence-electron chi connectivity index (χ2n) is 4.43. The summed E-state index contributed by atoms with van der Waals surface area (Å²) in [5.74, 6) is 0.750. The predicted octanol–water partition coefficient (Wildman–Crippen LogP) is 3.70. The smallest absolute Gasteiger partial charge is 0.0639 e. The van der Waals surface area contributed by atoms with E-state index in [-0.39, 0.29) is 6.61 Å². The van der Waals surface area contributed by atoms with Crippen LogP contribution in [0.2, 0.25) is 0 Å². The number of hydrogen-bond donors (Lipinski definition) is 1. The van der Waals surface area contributed by atoms with Crippen LogP contribution in [-0.2, 0) is 0 Å². The highest BCUT2D eigenvalue weighted by Gasteiger charge is 1.92. The Morgan fingerprint density at radius 1 is 1.14 bits per heavy atom. The maximum Gasteiger partial charge on any atom is 0.0639 e. The molecule has 0 bridgehead atoms. The second kappa shape index (κ2) is 7.81. The Morgan fingerprint density at radius 3 is 2.29 bits per heavy atom. The Bertz CT molecular complexity index is 199. The minimum Gasteiger partial charge on any atom is -0.392 e. The van der Waals surface area contributed by atoms with Gasteiger partial charge in [-0.3, -0.25) is 0 Å². The van der Waals surface area contributed by atoms with Crippen LogP contribution < -0.4 is 0 Å². The van der Waals surface area contributed by atoms with E-state index >= 15 is 0 Å². The Hall–Kier alpha value is -0.560. The van der Waals surface area contributed by atoms with E-state index in [0.29, 0.717) is 0 Å². The monoisotopic (exact) mass is 196 g/mol. The molecule has 0 aromatic rings. The highest BCUT2D eigenvalue weighted by atomic mass is 16.3. The summed E-state index contributed by atoms with van der Waals surface area (Å²) in [7, 11) is 0. The van der Waals surface area contributed by atoms with Crippen LogP contribution >= 0.6 is 0 Å². The molecule has 0 aliphatic rings. The van der Waals surface area contributed by atoms with Gasteiger partial charge in [-0.2, -0.15) is 0 Å². The summed E-state index contributed by atoms with van der Waals surface area (Å²) < 4.78 is 0. The van der Waals surface area contributed by atoms with Crippen molar-refractivity contribution in [2.45, 2.75) is 47.0 Å². The molecule has 1 heteroatoms. The van der Waals surface area contributed by atoms with Crippen LogP contribution in [0.1, 0.15) is 47.0 Å². The van der Waals surface area contributed by atoms with Crippen molar-refractivity contribution < 1.29 is 5.11 Å². The number of aliphatic hydroxyl groups excluding tert-OH is 1. The van der Waals surface area contributed by atoms with Crippen molar-refractivity contribution in [3.05, 3.63) is 23.3 Å². The zero-order chi connectivity index (χ0) is 11.0. The van der Waals surface area contributed by atoms with Crippen LogP contribution in [0.4, 0.5) is 0 Å². The molecule has 1 N–H and O–H groups in total. The fourth-order valence-corrected chi connectivity index (χ4v) is 1.15. The summed E-state index contributed by atoms with van der Waals surface area (Å²) in [6, 6.07) is 0. The molecule has 0 amide bonds. The first-order chi connectivity index (χ1) is 6.56. The first-order valence-electron chi connectivity index (χ1n) is 5.48. The zero-order valence-electron chi connectivity index (χ0n) is 10.0. The molecule has 14 heavy (non-hydrogen) atoms. The molecular weight excluding hydrogens is 172 g/mol. The lowest BCUT2D eigenvalue weighted by Gasteiger charge is -2.02. The molecule has 0 saturated heterocycles. The minimum absolute atomic E-state index is 0.189. The Kier molecular flexibility index (Phi) is 7.50. The first kappa shape index (κ1) is 13.4. The summed E-state index contributed by atoms with van der Waals surface area (Å²) >= 11 is 0. The van der Waals surface area contributed by atoms with Gasteiger partial charge in [0.2, 0.25) is 0 Å². The number of aliphatic hydroxyl groups is 1. The Balaban J connectivity index is 3.73. The summed E-state index contributed by atoms with van der Waals surface area (Å²) in [5, 5.41) is 8.79. The Labute approximate surface area is 88.5 Å². The number of allylic oxidation sites excluding steroid dienone is 3. The van der Waals surface area contributed by atoms with Crippen LogP contribution in [0.15, 0.2) is 23.3 Å². The van der Waals surface area contributed by atoms with E-state index in [9.17, 15) is 0 Å². The van der Waals surface area contributed by atoms with Gasteiger partial charge in [0.05, 0.1) is 6.61 Å². The molecule has 0 aliphatic carbocycles. The van der Waals surface area contributed by atoms with E-state index in [2.05, 4.69) is 32.9 Å². The van der Waals surface area contributed by atoms with E-state index in [1.807, 2.05) is 6.92 Å². The molecule has 1 nitrogen and oxygen atoms in total. The van der Waals surface area contributed by atoms with E-state index in [0.717, 1.165) is 24.3 Å². The van der Waals surface area contributed by atoms with Crippen LogP contribution in [0.25, 0.3) is 0 Å². The van der Waals surface area contributed by atoms with Crippen molar-refractivity contribution in [1.82, 2.24) is 0 Å². The zero-order valence-corrected chi connectivity index (χ0v) is 10.0. The molecule has 0 unspecified atom stereocenters. The van der Waals surface area contributed by atoms with Gasteiger partial charge in [0.15, 0.2) is 0 Å².